The Kier molecular flexibility index (Phi) is 7.72. The van der Waals surface area contributed by atoms with Crippen molar-refractivity contribution in [3.05, 3.63) is 77.9 Å². The van der Waals surface area contributed by atoms with Crippen molar-refractivity contribution < 1.29 is 28.5 Å². The number of amides is 2. The summed E-state index contributed by atoms with van der Waals surface area (Å²) in [5.41, 5.74) is 2.05. The van der Waals surface area contributed by atoms with Crippen LogP contribution in [0, 0.1) is 0 Å². The summed E-state index contributed by atoms with van der Waals surface area (Å²) in [6.07, 6.45) is 0. The maximum absolute atomic E-state index is 13.1. The first-order valence-corrected chi connectivity index (χ1v) is 11.4. The minimum atomic E-state index is -0.298. The van der Waals surface area contributed by atoms with Crippen molar-refractivity contribution in [1.29, 1.82) is 0 Å². The molecule has 4 rings (SSSR count). The van der Waals surface area contributed by atoms with E-state index in [4.69, 9.17) is 18.9 Å². The van der Waals surface area contributed by atoms with Crippen LogP contribution in [0.3, 0.4) is 0 Å². The van der Waals surface area contributed by atoms with Crippen LogP contribution in [-0.4, -0.2) is 50.2 Å². The van der Waals surface area contributed by atoms with Crippen LogP contribution >= 0.6 is 0 Å². The summed E-state index contributed by atoms with van der Waals surface area (Å²) in [6, 6.07) is 19.5. The zero-order chi connectivity index (χ0) is 24.6. The number of anilines is 1. The summed E-state index contributed by atoms with van der Waals surface area (Å²) in [5.74, 6) is 2.14. The molecular formula is C27H28N2O6. The highest BCUT2D eigenvalue weighted by molar-refractivity contribution is 5.94. The number of nitrogens with zero attached hydrogens (tertiary/aromatic N) is 1. The van der Waals surface area contributed by atoms with E-state index >= 15 is 0 Å². The fraction of sp³-hybridized carbons (Fsp3) is 0.259. The van der Waals surface area contributed by atoms with Crippen molar-refractivity contribution in [3.8, 4) is 23.0 Å². The van der Waals surface area contributed by atoms with E-state index in [1.807, 2.05) is 25.1 Å². The Morgan fingerprint density at radius 3 is 2.51 bits per heavy atom. The number of ether oxygens (including phenoxy) is 4. The first-order chi connectivity index (χ1) is 17.1. The van der Waals surface area contributed by atoms with Gasteiger partial charge in [-0.05, 0) is 49.4 Å². The topological polar surface area (TPSA) is 86.3 Å². The third-order valence-corrected chi connectivity index (χ3v) is 5.50. The summed E-state index contributed by atoms with van der Waals surface area (Å²) in [7, 11) is 1.57. The average Bonchev–Trinajstić information content (AvgIpc) is 2.90. The van der Waals surface area contributed by atoms with Gasteiger partial charge in [0.25, 0.3) is 11.8 Å². The van der Waals surface area contributed by atoms with E-state index in [0.717, 1.165) is 5.56 Å². The molecule has 0 radical (unpaired) electrons. The number of hydrogen-bond acceptors (Lipinski definition) is 6. The quantitative estimate of drug-likeness (QED) is 0.500. The largest absolute Gasteiger partial charge is 0.497 e. The third-order valence-electron chi connectivity index (χ3n) is 5.50. The molecule has 1 aliphatic heterocycles. The minimum Gasteiger partial charge on any atom is -0.497 e. The second-order valence-electron chi connectivity index (χ2n) is 7.85. The molecule has 0 fully saturated rings. The van der Waals surface area contributed by atoms with Gasteiger partial charge >= 0.3 is 0 Å². The van der Waals surface area contributed by atoms with Crippen LogP contribution in [0.2, 0.25) is 0 Å². The van der Waals surface area contributed by atoms with Crippen molar-refractivity contribution in [3.63, 3.8) is 0 Å². The predicted molar refractivity (Wildman–Crippen MR) is 131 cm³/mol. The van der Waals surface area contributed by atoms with Gasteiger partial charge in [-0.15, -0.1) is 0 Å². The molecule has 1 aliphatic rings. The molecule has 0 unspecified atom stereocenters. The van der Waals surface area contributed by atoms with Crippen LogP contribution in [0.4, 0.5) is 5.69 Å². The number of benzene rings is 3. The van der Waals surface area contributed by atoms with Crippen molar-refractivity contribution >= 4 is 17.5 Å². The maximum atomic E-state index is 13.1. The highest BCUT2D eigenvalue weighted by Gasteiger charge is 2.20. The molecule has 8 nitrogen and oxygen atoms in total. The third kappa shape index (κ3) is 6.03. The smallest absolute Gasteiger partial charge is 0.262 e. The number of methoxy groups -OCH3 is 1. The second kappa shape index (κ2) is 11.3. The number of hydrogen-bond donors (Lipinski definition) is 1. The lowest BCUT2D eigenvalue weighted by Crippen LogP contribution is -2.31. The molecule has 2 amide bonds. The molecule has 0 atom stereocenters. The maximum Gasteiger partial charge on any atom is 0.262 e. The van der Waals surface area contributed by atoms with E-state index in [2.05, 4.69) is 5.32 Å². The van der Waals surface area contributed by atoms with Crippen LogP contribution in [0.15, 0.2) is 66.7 Å². The standard InChI is InChI=1S/C27H28N2O6/c1-3-29(17-20-6-4-9-24-26(20)34-15-14-33-24)27(31)19-10-12-22(13-11-19)35-18-25(30)28-21-7-5-8-23(16-21)32-2/h4-13,16H,3,14-15,17-18H2,1-2H3,(H,28,30). The molecule has 0 aliphatic carbocycles. The van der Waals surface area contributed by atoms with Gasteiger partial charge in [0, 0.05) is 36.0 Å². The van der Waals surface area contributed by atoms with Gasteiger partial charge in [0.1, 0.15) is 24.7 Å². The molecule has 1 heterocycles. The van der Waals surface area contributed by atoms with Gasteiger partial charge in [0.15, 0.2) is 18.1 Å². The Labute approximate surface area is 204 Å². The zero-order valence-corrected chi connectivity index (χ0v) is 19.8. The van der Waals surface area contributed by atoms with Gasteiger partial charge in [-0.25, -0.2) is 0 Å². The molecule has 0 bridgehead atoms. The van der Waals surface area contributed by atoms with E-state index in [1.165, 1.54) is 0 Å². The van der Waals surface area contributed by atoms with Gasteiger partial charge in [-0.2, -0.15) is 0 Å². The summed E-state index contributed by atoms with van der Waals surface area (Å²) >= 11 is 0. The van der Waals surface area contributed by atoms with Gasteiger partial charge in [-0.1, -0.05) is 18.2 Å². The Balaban J connectivity index is 1.34. The van der Waals surface area contributed by atoms with Crippen molar-refractivity contribution in [2.75, 3.05) is 38.8 Å². The normalized spacial score (nSPS) is 11.9. The monoisotopic (exact) mass is 476 g/mol. The van der Waals surface area contributed by atoms with E-state index in [0.29, 0.717) is 60.6 Å². The van der Waals surface area contributed by atoms with Crippen LogP contribution in [0.25, 0.3) is 0 Å². The van der Waals surface area contributed by atoms with Crippen molar-refractivity contribution in [2.45, 2.75) is 13.5 Å². The number of fused-ring (bicyclic) bond motifs is 1. The molecule has 1 N–H and O–H groups in total. The van der Waals surface area contributed by atoms with Crippen LogP contribution in [-0.2, 0) is 11.3 Å². The lowest BCUT2D eigenvalue weighted by molar-refractivity contribution is -0.118. The highest BCUT2D eigenvalue weighted by atomic mass is 16.6. The number of nitrogens with one attached hydrogen (secondary N) is 1. The number of carbonyl (C=O) groups excluding carboxylic acids is 2. The molecule has 0 saturated heterocycles. The molecule has 0 aromatic heterocycles. The first kappa shape index (κ1) is 23.9. The van der Waals surface area contributed by atoms with E-state index in [-0.39, 0.29) is 18.4 Å². The Bertz CT molecular complexity index is 1180. The van der Waals surface area contributed by atoms with E-state index in [1.54, 1.807) is 60.5 Å². The summed E-state index contributed by atoms with van der Waals surface area (Å²) in [6.45, 7) is 3.72. The van der Waals surface area contributed by atoms with Crippen LogP contribution < -0.4 is 24.3 Å². The summed E-state index contributed by atoms with van der Waals surface area (Å²) in [5, 5.41) is 2.76. The SMILES string of the molecule is CCN(Cc1cccc2c1OCCO2)C(=O)c1ccc(OCC(=O)Nc2cccc(OC)c2)cc1. The van der Waals surface area contributed by atoms with Gasteiger partial charge < -0.3 is 29.2 Å². The molecular weight excluding hydrogens is 448 g/mol. The highest BCUT2D eigenvalue weighted by Crippen LogP contribution is 2.34. The number of carbonyl (C=O) groups is 2. The predicted octanol–water partition coefficient (Wildman–Crippen LogP) is 4.15. The van der Waals surface area contributed by atoms with E-state index in [9.17, 15) is 9.59 Å². The van der Waals surface area contributed by atoms with Crippen LogP contribution in [0.5, 0.6) is 23.0 Å². The average molecular weight is 477 g/mol. The second-order valence-corrected chi connectivity index (χ2v) is 7.85. The van der Waals surface area contributed by atoms with Gasteiger partial charge in [0.05, 0.1) is 7.11 Å². The molecule has 35 heavy (non-hydrogen) atoms. The molecule has 8 heteroatoms. The minimum absolute atomic E-state index is 0.107. The summed E-state index contributed by atoms with van der Waals surface area (Å²) < 4.78 is 22.2. The molecule has 3 aromatic rings. The van der Waals surface area contributed by atoms with Crippen LogP contribution in [0.1, 0.15) is 22.8 Å². The van der Waals surface area contributed by atoms with E-state index < -0.39 is 0 Å². The molecule has 0 saturated carbocycles. The number of rotatable bonds is 9. The Morgan fingerprint density at radius 2 is 1.74 bits per heavy atom. The zero-order valence-electron chi connectivity index (χ0n) is 19.8. The fourth-order valence-corrected chi connectivity index (χ4v) is 3.71. The lowest BCUT2D eigenvalue weighted by atomic mass is 10.1. The van der Waals surface area contributed by atoms with Crippen molar-refractivity contribution in [1.82, 2.24) is 4.90 Å². The molecule has 3 aromatic carbocycles. The first-order valence-electron chi connectivity index (χ1n) is 11.4. The Morgan fingerprint density at radius 1 is 0.971 bits per heavy atom. The Hall–Kier alpha value is -4.20. The summed E-state index contributed by atoms with van der Waals surface area (Å²) in [4.78, 5) is 27.1. The van der Waals surface area contributed by atoms with Gasteiger partial charge in [-0.3, -0.25) is 9.59 Å². The molecule has 0 spiro atoms. The number of para-hydroxylation sites is 1. The fourth-order valence-electron chi connectivity index (χ4n) is 3.71. The van der Waals surface area contributed by atoms with Gasteiger partial charge in [0.2, 0.25) is 0 Å². The van der Waals surface area contributed by atoms with Crippen molar-refractivity contribution in [2.24, 2.45) is 0 Å². The lowest BCUT2D eigenvalue weighted by Gasteiger charge is -2.25. The molecule has 182 valence electrons.